The number of piperidine rings is 1. The van der Waals surface area contributed by atoms with Gasteiger partial charge < -0.3 is 9.80 Å². The summed E-state index contributed by atoms with van der Waals surface area (Å²) in [5.74, 6) is 1.30. The van der Waals surface area contributed by atoms with E-state index in [1.54, 1.807) is 12.4 Å². The highest BCUT2D eigenvalue weighted by molar-refractivity contribution is 5.78. The van der Waals surface area contributed by atoms with Crippen LogP contribution < -0.4 is 4.90 Å². The van der Waals surface area contributed by atoms with Gasteiger partial charge in [0.25, 0.3) is 0 Å². The van der Waals surface area contributed by atoms with Crippen molar-refractivity contribution in [3.05, 3.63) is 54.0 Å². The van der Waals surface area contributed by atoms with Gasteiger partial charge in [-0.05, 0) is 49.9 Å². The molecule has 0 saturated carbocycles. The summed E-state index contributed by atoms with van der Waals surface area (Å²) in [5.41, 5.74) is 2.27. The van der Waals surface area contributed by atoms with E-state index in [4.69, 9.17) is 0 Å². The van der Waals surface area contributed by atoms with Crippen LogP contribution in [0.25, 0.3) is 0 Å². The fraction of sp³-hybridized carbons (Fsp3) is 0.476. The van der Waals surface area contributed by atoms with Crippen molar-refractivity contribution in [3.8, 4) is 0 Å². The molecule has 0 aliphatic carbocycles. The molecule has 2 aliphatic rings. The van der Waals surface area contributed by atoms with Crippen LogP contribution in [0.2, 0.25) is 0 Å². The zero-order valence-corrected chi connectivity index (χ0v) is 15.4. The number of hydrogen-bond donors (Lipinski definition) is 0. The smallest absolute Gasteiger partial charge is 0.227 e. The zero-order valence-electron chi connectivity index (χ0n) is 15.4. The fourth-order valence-corrected chi connectivity index (χ4v) is 4.38. The Morgan fingerprint density at radius 1 is 1.15 bits per heavy atom. The fourth-order valence-electron chi connectivity index (χ4n) is 4.38. The van der Waals surface area contributed by atoms with Crippen LogP contribution in [0.3, 0.4) is 0 Å². The Morgan fingerprint density at radius 2 is 2.08 bits per heavy atom. The molecule has 136 valence electrons. The number of rotatable bonds is 3. The van der Waals surface area contributed by atoms with E-state index in [0.717, 1.165) is 56.1 Å². The minimum absolute atomic E-state index is 0.217. The number of likely N-dealkylation sites (tertiary alicyclic amines) is 1. The quantitative estimate of drug-likeness (QED) is 0.854. The van der Waals surface area contributed by atoms with E-state index in [-0.39, 0.29) is 11.3 Å². The van der Waals surface area contributed by atoms with Crippen LogP contribution in [0.15, 0.2) is 42.7 Å². The Morgan fingerprint density at radius 3 is 2.88 bits per heavy atom. The Hall–Kier alpha value is -2.43. The van der Waals surface area contributed by atoms with Crippen molar-refractivity contribution in [2.75, 3.05) is 31.1 Å². The molecule has 2 fully saturated rings. The van der Waals surface area contributed by atoms with Crippen molar-refractivity contribution in [2.24, 2.45) is 5.41 Å². The minimum atomic E-state index is 0.217. The van der Waals surface area contributed by atoms with Gasteiger partial charge in [0, 0.05) is 49.7 Å². The van der Waals surface area contributed by atoms with Crippen LogP contribution in [0.4, 0.5) is 5.82 Å². The molecule has 5 heteroatoms. The lowest BCUT2D eigenvalue weighted by Gasteiger charge is -2.40. The van der Waals surface area contributed by atoms with Gasteiger partial charge in [-0.15, -0.1) is 0 Å². The van der Waals surface area contributed by atoms with Gasteiger partial charge in [0.1, 0.15) is 5.82 Å². The molecule has 0 N–H and O–H groups in total. The second kappa shape index (κ2) is 7.06. The molecular formula is C21H26N4O. The van der Waals surface area contributed by atoms with Gasteiger partial charge in [-0.2, -0.15) is 0 Å². The molecule has 4 heterocycles. The molecule has 2 aromatic heterocycles. The van der Waals surface area contributed by atoms with Crippen molar-refractivity contribution >= 4 is 11.7 Å². The molecule has 2 aliphatic heterocycles. The number of aromatic nitrogens is 2. The Labute approximate surface area is 155 Å². The van der Waals surface area contributed by atoms with E-state index in [2.05, 4.69) is 31.9 Å². The molecule has 0 bridgehead atoms. The third kappa shape index (κ3) is 3.57. The van der Waals surface area contributed by atoms with Crippen LogP contribution in [0.1, 0.15) is 30.5 Å². The lowest BCUT2D eigenvalue weighted by molar-refractivity contribution is -0.133. The Balaban J connectivity index is 1.42. The summed E-state index contributed by atoms with van der Waals surface area (Å²) >= 11 is 0. The molecule has 0 radical (unpaired) electrons. The normalized spacial score (nSPS) is 22.8. The van der Waals surface area contributed by atoms with E-state index in [1.807, 2.05) is 25.1 Å². The topological polar surface area (TPSA) is 49.3 Å². The van der Waals surface area contributed by atoms with Crippen LogP contribution in [0, 0.1) is 12.3 Å². The largest absolute Gasteiger partial charge is 0.356 e. The average Bonchev–Trinajstić information content (AvgIpc) is 3.06. The first-order chi connectivity index (χ1) is 12.6. The van der Waals surface area contributed by atoms with Gasteiger partial charge in [0.2, 0.25) is 5.91 Å². The maximum atomic E-state index is 12.8. The molecule has 2 saturated heterocycles. The highest BCUT2D eigenvalue weighted by atomic mass is 16.2. The van der Waals surface area contributed by atoms with Gasteiger partial charge in [-0.3, -0.25) is 9.78 Å². The zero-order chi connectivity index (χ0) is 18.0. The first-order valence-corrected chi connectivity index (χ1v) is 9.49. The number of carbonyl (C=O) groups is 1. The van der Waals surface area contributed by atoms with E-state index in [0.29, 0.717) is 6.42 Å². The van der Waals surface area contributed by atoms with Crippen molar-refractivity contribution in [3.63, 3.8) is 0 Å². The number of nitrogens with zero attached hydrogens (tertiary/aromatic N) is 4. The molecule has 4 rings (SSSR count). The highest BCUT2D eigenvalue weighted by Crippen LogP contribution is 2.40. The van der Waals surface area contributed by atoms with Crippen molar-refractivity contribution in [1.82, 2.24) is 14.9 Å². The number of hydrogen-bond acceptors (Lipinski definition) is 4. The number of pyridine rings is 2. The number of anilines is 1. The SMILES string of the molecule is Cc1cccc(N2CCC3(CCCN(C(=O)Cc4cccnc4)C3)C2)n1. The van der Waals surface area contributed by atoms with E-state index in [9.17, 15) is 4.79 Å². The second-order valence-electron chi connectivity index (χ2n) is 7.77. The molecule has 26 heavy (non-hydrogen) atoms. The predicted molar refractivity (Wildman–Crippen MR) is 102 cm³/mol. The van der Waals surface area contributed by atoms with Crippen LogP contribution in [0.5, 0.6) is 0 Å². The van der Waals surface area contributed by atoms with Crippen LogP contribution in [-0.2, 0) is 11.2 Å². The summed E-state index contributed by atoms with van der Waals surface area (Å²) in [6.45, 7) is 5.81. The van der Waals surface area contributed by atoms with E-state index < -0.39 is 0 Å². The first kappa shape index (κ1) is 17.0. The third-order valence-corrected chi connectivity index (χ3v) is 5.73. The summed E-state index contributed by atoms with van der Waals surface area (Å²) in [5, 5.41) is 0. The molecule has 1 atom stereocenters. The maximum Gasteiger partial charge on any atom is 0.227 e. The van der Waals surface area contributed by atoms with Crippen LogP contribution in [-0.4, -0.2) is 47.0 Å². The van der Waals surface area contributed by atoms with Gasteiger partial charge in [-0.1, -0.05) is 12.1 Å². The Kier molecular flexibility index (Phi) is 4.62. The summed E-state index contributed by atoms with van der Waals surface area (Å²) in [4.78, 5) is 26.0. The van der Waals surface area contributed by atoms with Gasteiger partial charge in [0.15, 0.2) is 0 Å². The number of amides is 1. The first-order valence-electron chi connectivity index (χ1n) is 9.49. The molecule has 2 aromatic rings. The van der Waals surface area contributed by atoms with Gasteiger partial charge in [0.05, 0.1) is 6.42 Å². The van der Waals surface area contributed by atoms with Gasteiger partial charge >= 0.3 is 0 Å². The summed E-state index contributed by atoms with van der Waals surface area (Å²) in [6, 6.07) is 10.1. The molecule has 5 nitrogen and oxygen atoms in total. The predicted octanol–water partition coefficient (Wildman–Crippen LogP) is 2.85. The maximum absolute atomic E-state index is 12.8. The molecule has 0 aromatic carbocycles. The molecule has 1 amide bonds. The summed E-state index contributed by atoms with van der Waals surface area (Å²) < 4.78 is 0. The van der Waals surface area contributed by atoms with Crippen LogP contribution >= 0.6 is 0 Å². The third-order valence-electron chi connectivity index (χ3n) is 5.73. The van der Waals surface area contributed by atoms with Crippen molar-refractivity contribution in [2.45, 2.75) is 32.6 Å². The molecular weight excluding hydrogens is 324 g/mol. The van der Waals surface area contributed by atoms with Crippen molar-refractivity contribution in [1.29, 1.82) is 0 Å². The lowest BCUT2D eigenvalue weighted by Crippen LogP contribution is -2.47. The molecule has 1 unspecified atom stereocenters. The second-order valence-corrected chi connectivity index (χ2v) is 7.77. The summed E-state index contributed by atoms with van der Waals surface area (Å²) in [7, 11) is 0. The van der Waals surface area contributed by atoms with Gasteiger partial charge in [-0.25, -0.2) is 4.98 Å². The summed E-state index contributed by atoms with van der Waals surface area (Å²) in [6.07, 6.45) is 7.42. The lowest BCUT2D eigenvalue weighted by atomic mass is 9.79. The van der Waals surface area contributed by atoms with E-state index in [1.165, 1.54) is 6.42 Å². The average molecular weight is 350 g/mol. The number of aryl methyl sites for hydroxylation is 1. The highest BCUT2D eigenvalue weighted by Gasteiger charge is 2.42. The monoisotopic (exact) mass is 350 g/mol. The van der Waals surface area contributed by atoms with E-state index >= 15 is 0 Å². The minimum Gasteiger partial charge on any atom is -0.356 e. The number of carbonyl (C=O) groups excluding carboxylic acids is 1. The Bertz CT molecular complexity index is 779. The molecule has 1 spiro atoms. The standard InChI is InChI=1S/C21H26N4O/c1-17-5-2-7-19(23-17)24-12-9-21(15-24)8-4-11-25(16-21)20(26)13-18-6-3-10-22-14-18/h2-3,5-7,10,14H,4,8-9,11-13,15-16H2,1H3. The van der Waals surface area contributed by atoms with Crippen molar-refractivity contribution < 1.29 is 4.79 Å².